The van der Waals surface area contributed by atoms with Crippen molar-refractivity contribution in [2.24, 2.45) is 0 Å². The Hall–Kier alpha value is -1.67. The minimum absolute atomic E-state index is 0.187. The van der Waals surface area contributed by atoms with Crippen molar-refractivity contribution in [1.82, 2.24) is 0 Å². The minimum atomic E-state index is -0.187. The van der Waals surface area contributed by atoms with E-state index < -0.39 is 0 Å². The van der Waals surface area contributed by atoms with E-state index in [1.54, 1.807) is 0 Å². The summed E-state index contributed by atoms with van der Waals surface area (Å²) >= 11 is 6.13. The van der Waals surface area contributed by atoms with E-state index in [1.165, 1.54) is 0 Å². The second-order valence-corrected chi connectivity index (χ2v) is 6.25. The molecular weight excluding hydrogens is 270 g/mol. The van der Waals surface area contributed by atoms with Crippen molar-refractivity contribution in [3.05, 3.63) is 59.1 Å². The maximum Gasteiger partial charge on any atom is 0.125 e. The molecule has 0 fully saturated rings. The van der Waals surface area contributed by atoms with Crippen LogP contribution in [0.3, 0.4) is 0 Å². The average Bonchev–Trinajstić information content (AvgIpc) is 2.40. The highest BCUT2D eigenvalue weighted by Gasteiger charge is 2.33. The van der Waals surface area contributed by atoms with Crippen molar-refractivity contribution in [3.63, 3.8) is 0 Å². The molecule has 0 saturated heterocycles. The zero-order chi connectivity index (χ0) is 14.2. The topological polar surface area (TPSA) is 21.3 Å². The summed E-state index contributed by atoms with van der Waals surface area (Å²) in [5.74, 6) is 0.916. The number of ether oxygens (including phenoxy) is 1. The number of hydrogen-bond donors (Lipinski definition) is 1. The SMILES string of the molecule is CC1(C)C[C@H](Nc2ccccc2)c2cc(Cl)ccc2O1. The van der Waals surface area contributed by atoms with E-state index in [1.807, 2.05) is 36.4 Å². The van der Waals surface area contributed by atoms with Gasteiger partial charge < -0.3 is 10.1 Å². The lowest BCUT2D eigenvalue weighted by atomic mass is 9.89. The van der Waals surface area contributed by atoms with Gasteiger partial charge in [0.1, 0.15) is 11.4 Å². The fourth-order valence-corrected chi connectivity index (χ4v) is 2.87. The molecule has 0 amide bonds. The molecule has 0 saturated carbocycles. The van der Waals surface area contributed by atoms with Crippen LogP contribution in [0.2, 0.25) is 5.02 Å². The summed E-state index contributed by atoms with van der Waals surface area (Å²) in [6.45, 7) is 4.23. The van der Waals surface area contributed by atoms with Gasteiger partial charge >= 0.3 is 0 Å². The van der Waals surface area contributed by atoms with Crippen LogP contribution in [0, 0.1) is 0 Å². The predicted octanol–water partition coefficient (Wildman–Crippen LogP) is 5.05. The average molecular weight is 288 g/mol. The van der Waals surface area contributed by atoms with Crippen LogP contribution in [0.1, 0.15) is 31.9 Å². The van der Waals surface area contributed by atoms with E-state index in [-0.39, 0.29) is 11.6 Å². The smallest absolute Gasteiger partial charge is 0.125 e. The molecule has 3 rings (SSSR count). The third-order valence-electron chi connectivity index (χ3n) is 3.54. The summed E-state index contributed by atoms with van der Waals surface area (Å²) in [7, 11) is 0. The van der Waals surface area contributed by atoms with Gasteiger partial charge in [-0.1, -0.05) is 29.8 Å². The molecular formula is C17H18ClNO. The molecule has 2 nitrogen and oxygen atoms in total. The van der Waals surface area contributed by atoms with Crippen molar-refractivity contribution in [2.45, 2.75) is 31.9 Å². The molecule has 0 aromatic heterocycles. The van der Waals surface area contributed by atoms with Gasteiger partial charge in [-0.25, -0.2) is 0 Å². The zero-order valence-electron chi connectivity index (χ0n) is 11.7. The number of rotatable bonds is 2. The Bertz CT molecular complexity index is 610. The normalized spacial score (nSPS) is 19.9. The van der Waals surface area contributed by atoms with Gasteiger partial charge in [0, 0.05) is 22.7 Å². The summed E-state index contributed by atoms with van der Waals surface area (Å²) in [5.41, 5.74) is 2.05. The molecule has 0 unspecified atom stereocenters. The van der Waals surface area contributed by atoms with Crippen LogP contribution in [0.15, 0.2) is 48.5 Å². The fourth-order valence-electron chi connectivity index (χ4n) is 2.69. The van der Waals surface area contributed by atoms with E-state index in [9.17, 15) is 0 Å². The third kappa shape index (κ3) is 2.75. The van der Waals surface area contributed by atoms with Crippen molar-refractivity contribution in [3.8, 4) is 5.75 Å². The number of nitrogens with one attached hydrogen (secondary N) is 1. The van der Waals surface area contributed by atoms with Gasteiger partial charge in [-0.3, -0.25) is 0 Å². The van der Waals surface area contributed by atoms with Gasteiger partial charge in [-0.2, -0.15) is 0 Å². The second-order valence-electron chi connectivity index (χ2n) is 5.81. The highest BCUT2D eigenvalue weighted by molar-refractivity contribution is 6.30. The number of fused-ring (bicyclic) bond motifs is 1. The summed E-state index contributed by atoms with van der Waals surface area (Å²) in [6.07, 6.45) is 0.898. The molecule has 20 heavy (non-hydrogen) atoms. The molecule has 0 bridgehead atoms. The molecule has 104 valence electrons. The van der Waals surface area contributed by atoms with Crippen LogP contribution in [0.5, 0.6) is 5.75 Å². The molecule has 1 aliphatic heterocycles. The van der Waals surface area contributed by atoms with Crippen LogP contribution in [0.4, 0.5) is 5.69 Å². The van der Waals surface area contributed by atoms with Gasteiger partial charge in [0.2, 0.25) is 0 Å². The monoisotopic (exact) mass is 287 g/mol. The van der Waals surface area contributed by atoms with Crippen LogP contribution in [-0.2, 0) is 0 Å². The summed E-state index contributed by atoms with van der Waals surface area (Å²) < 4.78 is 6.04. The number of hydrogen-bond acceptors (Lipinski definition) is 2. The largest absolute Gasteiger partial charge is 0.487 e. The summed E-state index contributed by atoms with van der Waals surface area (Å²) in [5, 5.41) is 4.32. The van der Waals surface area contributed by atoms with Gasteiger partial charge in [0.25, 0.3) is 0 Å². The standard InChI is InChI=1S/C17H18ClNO/c1-17(2)11-15(19-13-6-4-3-5-7-13)14-10-12(18)8-9-16(14)20-17/h3-10,15,19H,11H2,1-2H3/t15-/m0/s1. The summed E-state index contributed by atoms with van der Waals surface area (Å²) in [6, 6.07) is 16.3. The Balaban J connectivity index is 1.96. The molecule has 3 heteroatoms. The molecule has 0 aliphatic carbocycles. The van der Waals surface area contributed by atoms with E-state index in [4.69, 9.17) is 16.3 Å². The van der Waals surface area contributed by atoms with E-state index in [0.717, 1.165) is 28.4 Å². The van der Waals surface area contributed by atoms with Crippen molar-refractivity contribution >= 4 is 17.3 Å². The van der Waals surface area contributed by atoms with E-state index in [2.05, 4.69) is 31.3 Å². The van der Waals surface area contributed by atoms with Gasteiger partial charge in [0.05, 0.1) is 6.04 Å². The highest BCUT2D eigenvalue weighted by Crippen LogP contribution is 2.42. The molecule has 0 spiro atoms. The van der Waals surface area contributed by atoms with Crippen molar-refractivity contribution < 1.29 is 4.74 Å². The lowest BCUT2D eigenvalue weighted by Gasteiger charge is -2.38. The lowest BCUT2D eigenvalue weighted by molar-refractivity contribution is 0.0759. The number of anilines is 1. The van der Waals surface area contributed by atoms with Crippen LogP contribution >= 0.6 is 11.6 Å². The fraction of sp³-hybridized carbons (Fsp3) is 0.294. The maximum absolute atomic E-state index is 6.13. The first kappa shape index (κ1) is 13.3. The van der Waals surface area contributed by atoms with E-state index >= 15 is 0 Å². The molecule has 0 radical (unpaired) electrons. The zero-order valence-corrected chi connectivity index (χ0v) is 12.4. The summed E-state index contributed by atoms with van der Waals surface area (Å²) in [4.78, 5) is 0. The Morgan fingerprint density at radius 3 is 2.65 bits per heavy atom. The molecule has 2 aromatic rings. The lowest BCUT2D eigenvalue weighted by Crippen LogP contribution is -2.37. The van der Waals surface area contributed by atoms with E-state index in [0.29, 0.717) is 0 Å². The van der Waals surface area contributed by atoms with Crippen molar-refractivity contribution in [2.75, 3.05) is 5.32 Å². The molecule has 2 aromatic carbocycles. The van der Waals surface area contributed by atoms with Crippen LogP contribution in [-0.4, -0.2) is 5.60 Å². The Morgan fingerprint density at radius 1 is 1.15 bits per heavy atom. The van der Waals surface area contributed by atoms with Gasteiger partial charge in [-0.15, -0.1) is 0 Å². The van der Waals surface area contributed by atoms with Gasteiger partial charge in [-0.05, 0) is 44.2 Å². The molecule has 1 aliphatic rings. The Kier molecular flexibility index (Phi) is 3.35. The number of benzene rings is 2. The first-order valence-electron chi connectivity index (χ1n) is 6.84. The highest BCUT2D eigenvalue weighted by atomic mass is 35.5. The van der Waals surface area contributed by atoms with Crippen LogP contribution in [0.25, 0.3) is 0 Å². The maximum atomic E-state index is 6.13. The van der Waals surface area contributed by atoms with Crippen LogP contribution < -0.4 is 10.1 Å². The predicted molar refractivity (Wildman–Crippen MR) is 83.6 cm³/mol. The number of para-hydroxylation sites is 1. The molecule has 1 atom stereocenters. The Labute approximate surface area is 124 Å². The minimum Gasteiger partial charge on any atom is -0.487 e. The first-order valence-corrected chi connectivity index (χ1v) is 7.21. The third-order valence-corrected chi connectivity index (χ3v) is 3.78. The first-order chi connectivity index (χ1) is 9.53. The second kappa shape index (κ2) is 5.02. The molecule has 1 heterocycles. The van der Waals surface area contributed by atoms with Crippen molar-refractivity contribution in [1.29, 1.82) is 0 Å². The molecule has 1 N–H and O–H groups in total. The quantitative estimate of drug-likeness (QED) is 0.834. The Morgan fingerprint density at radius 2 is 1.90 bits per heavy atom. The van der Waals surface area contributed by atoms with Gasteiger partial charge in [0.15, 0.2) is 0 Å². The number of halogens is 1.